The highest BCUT2D eigenvalue weighted by atomic mass is 35.5. The monoisotopic (exact) mass is 503 g/mol. The second kappa shape index (κ2) is 13.0. The Labute approximate surface area is 214 Å². The van der Waals surface area contributed by atoms with E-state index >= 15 is 0 Å². The quantitative estimate of drug-likeness (QED) is 0.177. The molecule has 0 saturated heterocycles. The second-order valence-electron chi connectivity index (χ2n) is 10.1. The van der Waals surface area contributed by atoms with Crippen molar-refractivity contribution >= 4 is 28.9 Å². The topological polar surface area (TPSA) is 85.2 Å². The molecule has 0 aliphatic heterocycles. The Morgan fingerprint density at radius 3 is 2.29 bits per heavy atom. The molecule has 2 aromatic rings. The van der Waals surface area contributed by atoms with E-state index in [1.807, 2.05) is 32.9 Å². The number of benzene rings is 2. The zero-order chi connectivity index (χ0) is 26.1. The molecular formula is C28H39ClFN3O2. The Morgan fingerprint density at radius 2 is 1.71 bits per heavy atom. The SMILES string of the molecule is CCCCC(C(=N)c1ccc(F)cc1)C(C)(Nc1ccc(Cl)cc1)C(=O)NCCCC(C)(C)CO. The van der Waals surface area contributed by atoms with Gasteiger partial charge in [0.2, 0.25) is 5.91 Å². The number of unbranched alkanes of at least 4 members (excludes halogenated alkanes) is 1. The summed E-state index contributed by atoms with van der Waals surface area (Å²) in [6, 6.07) is 13.0. The molecular weight excluding hydrogens is 465 g/mol. The number of carbonyl (C=O) groups excluding carboxylic acids is 1. The van der Waals surface area contributed by atoms with Crippen molar-refractivity contribution in [2.45, 2.75) is 65.3 Å². The van der Waals surface area contributed by atoms with Gasteiger partial charge in [0.1, 0.15) is 11.4 Å². The van der Waals surface area contributed by atoms with Crippen LogP contribution in [0.4, 0.5) is 10.1 Å². The first-order valence-electron chi connectivity index (χ1n) is 12.3. The van der Waals surface area contributed by atoms with E-state index in [1.54, 1.807) is 24.3 Å². The number of anilines is 1. The van der Waals surface area contributed by atoms with E-state index in [-0.39, 0.29) is 23.7 Å². The van der Waals surface area contributed by atoms with Crippen LogP contribution in [0.2, 0.25) is 5.02 Å². The number of hydrogen-bond donors (Lipinski definition) is 4. The lowest BCUT2D eigenvalue weighted by Gasteiger charge is -2.39. The summed E-state index contributed by atoms with van der Waals surface area (Å²) in [5.41, 5.74) is 0.264. The molecule has 4 N–H and O–H groups in total. The van der Waals surface area contributed by atoms with E-state index in [4.69, 9.17) is 17.0 Å². The molecule has 1 amide bonds. The molecule has 0 heterocycles. The van der Waals surface area contributed by atoms with Crippen LogP contribution in [0.25, 0.3) is 0 Å². The molecule has 2 unspecified atom stereocenters. The predicted molar refractivity (Wildman–Crippen MR) is 143 cm³/mol. The molecule has 7 heteroatoms. The Balaban J connectivity index is 2.36. The number of rotatable bonds is 14. The van der Waals surface area contributed by atoms with E-state index in [0.717, 1.165) is 31.4 Å². The van der Waals surface area contributed by atoms with Crippen LogP contribution >= 0.6 is 11.6 Å². The fraction of sp³-hybridized carbons (Fsp3) is 0.500. The Morgan fingerprint density at radius 1 is 1.09 bits per heavy atom. The molecule has 0 radical (unpaired) electrons. The maximum Gasteiger partial charge on any atom is 0.246 e. The number of aliphatic hydroxyl groups is 1. The second-order valence-corrected chi connectivity index (χ2v) is 10.6. The largest absolute Gasteiger partial charge is 0.396 e. The summed E-state index contributed by atoms with van der Waals surface area (Å²) in [5, 5.41) is 25.6. The molecule has 0 aromatic heterocycles. The third-order valence-electron chi connectivity index (χ3n) is 6.51. The van der Waals surface area contributed by atoms with E-state index in [2.05, 4.69) is 17.6 Å². The van der Waals surface area contributed by atoms with Gasteiger partial charge in [-0.2, -0.15) is 0 Å². The summed E-state index contributed by atoms with van der Waals surface area (Å²) in [6.07, 6.45) is 3.88. The first-order chi connectivity index (χ1) is 16.5. The number of halogens is 2. The maximum atomic E-state index is 13.7. The molecule has 2 rings (SSSR count). The normalized spacial score (nSPS) is 14.1. The molecule has 0 aliphatic carbocycles. The Hall–Kier alpha value is -2.44. The van der Waals surface area contributed by atoms with Crippen LogP contribution in [-0.2, 0) is 4.79 Å². The van der Waals surface area contributed by atoms with E-state index < -0.39 is 11.5 Å². The van der Waals surface area contributed by atoms with E-state index in [0.29, 0.717) is 29.3 Å². The Bertz CT molecular complexity index is 963. The van der Waals surface area contributed by atoms with Crippen molar-refractivity contribution in [2.24, 2.45) is 11.3 Å². The number of nitrogens with one attached hydrogen (secondary N) is 3. The Kier molecular flexibility index (Phi) is 10.7. The summed E-state index contributed by atoms with van der Waals surface area (Å²) < 4.78 is 13.5. The van der Waals surface area contributed by atoms with Gasteiger partial charge in [-0.15, -0.1) is 0 Å². The molecule has 0 bridgehead atoms. The highest BCUT2D eigenvalue weighted by molar-refractivity contribution is 6.30. The lowest BCUT2D eigenvalue weighted by molar-refractivity contribution is -0.126. The fourth-order valence-corrected chi connectivity index (χ4v) is 4.25. The summed E-state index contributed by atoms with van der Waals surface area (Å²) >= 11 is 6.06. The van der Waals surface area contributed by atoms with Gasteiger partial charge in [0, 0.05) is 35.5 Å². The molecule has 0 aliphatic rings. The third kappa shape index (κ3) is 8.32. The molecule has 35 heavy (non-hydrogen) atoms. The molecule has 192 valence electrons. The molecule has 2 aromatic carbocycles. The fourth-order valence-electron chi connectivity index (χ4n) is 4.13. The van der Waals surface area contributed by atoms with Crippen LogP contribution < -0.4 is 10.6 Å². The lowest BCUT2D eigenvalue weighted by atomic mass is 9.75. The zero-order valence-electron chi connectivity index (χ0n) is 21.3. The van der Waals surface area contributed by atoms with Crippen LogP contribution in [0, 0.1) is 22.6 Å². The average Bonchev–Trinajstić information content (AvgIpc) is 2.83. The van der Waals surface area contributed by atoms with Gasteiger partial charge >= 0.3 is 0 Å². The van der Waals surface area contributed by atoms with E-state index in [1.165, 1.54) is 12.1 Å². The maximum absolute atomic E-state index is 13.7. The minimum absolute atomic E-state index is 0.0880. The van der Waals surface area contributed by atoms with Crippen molar-refractivity contribution in [3.8, 4) is 0 Å². The van der Waals surface area contributed by atoms with Crippen molar-refractivity contribution in [2.75, 3.05) is 18.5 Å². The van der Waals surface area contributed by atoms with Crippen molar-refractivity contribution in [3.63, 3.8) is 0 Å². The smallest absolute Gasteiger partial charge is 0.246 e. The van der Waals surface area contributed by atoms with Crippen molar-refractivity contribution in [3.05, 3.63) is 64.9 Å². The van der Waals surface area contributed by atoms with Crippen LogP contribution in [0.1, 0.15) is 65.4 Å². The highest BCUT2D eigenvalue weighted by Gasteiger charge is 2.43. The van der Waals surface area contributed by atoms with Gasteiger partial charge in [0.05, 0.1) is 0 Å². The van der Waals surface area contributed by atoms with Crippen LogP contribution in [0.3, 0.4) is 0 Å². The molecule has 0 saturated carbocycles. The van der Waals surface area contributed by atoms with Gasteiger partial charge in [-0.25, -0.2) is 4.39 Å². The van der Waals surface area contributed by atoms with Crippen molar-refractivity contribution in [1.82, 2.24) is 5.32 Å². The van der Waals surface area contributed by atoms with Gasteiger partial charge in [-0.05, 0) is 73.6 Å². The van der Waals surface area contributed by atoms with Gasteiger partial charge in [0.15, 0.2) is 0 Å². The minimum Gasteiger partial charge on any atom is -0.396 e. The highest BCUT2D eigenvalue weighted by Crippen LogP contribution is 2.32. The van der Waals surface area contributed by atoms with Gasteiger partial charge in [0.25, 0.3) is 0 Å². The van der Waals surface area contributed by atoms with Gasteiger partial charge < -0.3 is 21.1 Å². The third-order valence-corrected chi connectivity index (χ3v) is 6.76. The lowest BCUT2D eigenvalue weighted by Crippen LogP contribution is -2.57. The number of aliphatic hydroxyl groups excluding tert-OH is 1. The number of amides is 1. The number of carbonyl (C=O) groups is 1. The first-order valence-corrected chi connectivity index (χ1v) is 12.7. The van der Waals surface area contributed by atoms with Crippen LogP contribution in [-0.4, -0.2) is 35.4 Å². The van der Waals surface area contributed by atoms with E-state index in [9.17, 15) is 14.3 Å². The summed E-state index contributed by atoms with van der Waals surface area (Å²) in [5.74, 6) is -1.03. The molecule has 0 spiro atoms. The zero-order valence-corrected chi connectivity index (χ0v) is 22.0. The van der Waals surface area contributed by atoms with Crippen molar-refractivity contribution in [1.29, 1.82) is 5.41 Å². The average molecular weight is 504 g/mol. The summed E-state index contributed by atoms with van der Waals surface area (Å²) in [7, 11) is 0. The van der Waals surface area contributed by atoms with Gasteiger partial charge in [-0.3, -0.25) is 4.79 Å². The van der Waals surface area contributed by atoms with Gasteiger partial charge in [-0.1, -0.05) is 57.3 Å². The standard InChI is InChI=1S/C28H39ClFN3O2/c1-5-6-8-24(25(31)20-9-13-22(30)14-10-20)28(4,33-23-15-11-21(29)12-16-23)26(35)32-18-7-17-27(2,3)19-34/h9-16,24,31,33-34H,5-8,17-19H2,1-4H3,(H,32,35). The van der Waals surface area contributed by atoms with Crippen LogP contribution in [0.5, 0.6) is 0 Å². The van der Waals surface area contributed by atoms with Crippen LogP contribution in [0.15, 0.2) is 48.5 Å². The predicted octanol–water partition coefficient (Wildman–Crippen LogP) is 6.44. The summed E-state index contributed by atoms with van der Waals surface area (Å²) in [6.45, 7) is 8.44. The molecule has 2 atom stereocenters. The summed E-state index contributed by atoms with van der Waals surface area (Å²) in [4.78, 5) is 13.7. The molecule has 0 fully saturated rings. The van der Waals surface area contributed by atoms with Crippen molar-refractivity contribution < 1.29 is 14.3 Å². The first kappa shape index (κ1) is 28.8. The molecule has 5 nitrogen and oxygen atoms in total. The number of hydrogen-bond acceptors (Lipinski definition) is 4. The minimum atomic E-state index is -1.14.